The highest BCUT2D eigenvalue weighted by Gasteiger charge is 2.11. The van der Waals surface area contributed by atoms with Crippen LogP contribution < -0.4 is 10.6 Å². The molecule has 2 amide bonds. The smallest absolute Gasteiger partial charge is 0.255 e. The summed E-state index contributed by atoms with van der Waals surface area (Å²) in [5.41, 5.74) is -0.104. The number of hydrogen-bond donors (Lipinski definition) is 2. The van der Waals surface area contributed by atoms with Crippen molar-refractivity contribution in [1.29, 1.82) is 0 Å². The number of carbonyl (C=O) groups is 2. The second-order valence-corrected chi connectivity index (χ2v) is 4.04. The number of amides is 2. The van der Waals surface area contributed by atoms with Gasteiger partial charge in [-0.3, -0.25) is 9.59 Å². The summed E-state index contributed by atoms with van der Waals surface area (Å²) < 4.78 is 13.1. The zero-order chi connectivity index (χ0) is 13.5. The minimum atomic E-state index is -0.804. The van der Waals surface area contributed by atoms with Gasteiger partial charge in [-0.05, 0) is 12.1 Å². The largest absolute Gasteiger partial charge is 0.354 e. The summed E-state index contributed by atoms with van der Waals surface area (Å²) in [6, 6.07) is 2.84. The maximum atomic E-state index is 13.1. The van der Waals surface area contributed by atoms with E-state index in [2.05, 4.69) is 15.6 Å². The van der Waals surface area contributed by atoms with Gasteiger partial charge >= 0.3 is 0 Å². The van der Waals surface area contributed by atoms with Crippen LogP contribution in [0.25, 0.3) is 0 Å². The highest BCUT2D eigenvalue weighted by atomic mass is 19.1. The van der Waals surface area contributed by atoms with E-state index in [-0.39, 0.29) is 23.9 Å². The lowest BCUT2D eigenvalue weighted by Gasteiger charge is -2.08. The number of nitrogens with one attached hydrogen (secondary N) is 2. The van der Waals surface area contributed by atoms with Gasteiger partial charge in [-0.2, -0.15) is 4.39 Å². The van der Waals surface area contributed by atoms with Gasteiger partial charge in [-0.25, -0.2) is 4.98 Å². The van der Waals surface area contributed by atoms with E-state index < -0.39 is 11.9 Å². The molecule has 0 atom stereocenters. The Hall–Kier alpha value is -1.98. The molecule has 1 rings (SSSR count). The predicted molar refractivity (Wildman–Crippen MR) is 64.4 cm³/mol. The second kappa shape index (κ2) is 6.68. The van der Waals surface area contributed by atoms with Crippen molar-refractivity contribution in [3.8, 4) is 0 Å². The fraction of sp³-hybridized carbons (Fsp3) is 0.417. The van der Waals surface area contributed by atoms with Gasteiger partial charge in [0.2, 0.25) is 11.9 Å². The van der Waals surface area contributed by atoms with E-state index >= 15 is 0 Å². The van der Waals surface area contributed by atoms with E-state index in [4.69, 9.17) is 0 Å². The molecule has 0 spiro atoms. The number of carbonyl (C=O) groups excluding carboxylic acids is 2. The number of halogens is 1. The molecule has 1 heterocycles. The van der Waals surface area contributed by atoms with Crippen molar-refractivity contribution in [3.63, 3.8) is 0 Å². The molecular weight excluding hydrogens is 237 g/mol. The molecule has 0 saturated carbocycles. The highest BCUT2D eigenvalue weighted by Crippen LogP contribution is 2.01. The highest BCUT2D eigenvalue weighted by molar-refractivity contribution is 5.94. The van der Waals surface area contributed by atoms with Crippen LogP contribution in [0, 0.1) is 11.9 Å². The van der Waals surface area contributed by atoms with Gasteiger partial charge in [-0.1, -0.05) is 13.8 Å². The molecule has 0 radical (unpaired) electrons. The van der Waals surface area contributed by atoms with Crippen LogP contribution in [0.4, 0.5) is 4.39 Å². The van der Waals surface area contributed by atoms with Gasteiger partial charge in [0.15, 0.2) is 0 Å². The maximum absolute atomic E-state index is 13.1. The lowest BCUT2D eigenvalue weighted by molar-refractivity contribution is -0.123. The first-order valence-electron chi connectivity index (χ1n) is 5.68. The Morgan fingerprint density at radius 1 is 1.33 bits per heavy atom. The Balaban J connectivity index is 2.35. The summed E-state index contributed by atoms with van der Waals surface area (Å²) in [6.07, 6.45) is 1.27. The van der Waals surface area contributed by atoms with Crippen molar-refractivity contribution in [2.24, 2.45) is 5.92 Å². The van der Waals surface area contributed by atoms with Gasteiger partial charge < -0.3 is 10.6 Å². The van der Waals surface area contributed by atoms with Crippen LogP contribution in [0.15, 0.2) is 18.3 Å². The lowest BCUT2D eigenvalue weighted by Crippen LogP contribution is -2.36. The van der Waals surface area contributed by atoms with Crippen LogP contribution in [0.2, 0.25) is 0 Å². The maximum Gasteiger partial charge on any atom is 0.255 e. The summed E-state index contributed by atoms with van der Waals surface area (Å²) in [6.45, 7) is 4.11. The molecule has 1 aromatic rings. The number of hydrogen-bond acceptors (Lipinski definition) is 3. The van der Waals surface area contributed by atoms with Crippen molar-refractivity contribution < 1.29 is 14.0 Å². The number of aromatic nitrogens is 1. The monoisotopic (exact) mass is 253 g/mol. The SMILES string of the molecule is CC(C)C(=O)NCCNC(=O)c1cccnc1F. The molecule has 1 aromatic heterocycles. The molecule has 0 aromatic carbocycles. The Labute approximate surface area is 105 Å². The minimum Gasteiger partial charge on any atom is -0.354 e. The van der Waals surface area contributed by atoms with Gasteiger partial charge in [0, 0.05) is 25.2 Å². The molecule has 0 aliphatic carbocycles. The molecule has 98 valence electrons. The van der Waals surface area contributed by atoms with E-state index in [0.29, 0.717) is 6.54 Å². The van der Waals surface area contributed by atoms with Crippen molar-refractivity contribution in [2.45, 2.75) is 13.8 Å². The Morgan fingerprint density at radius 2 is 2.00 bits per heavy atom. The Morgan fingerprint density at radius 3 is 2.61 bits per heavy atom. The third-order valence-electron chi connectivity index (χ3n) is 2.24. The van der Waals surface area contributed by atoms with E-state index in [1.54, 1.807) is 13.8 Å². The van der Waals surface area contributed by atoms with E-state index in [1.807, 2.05) is 0 Å². The second-order valence-electron chi connectivity index (χ2n) is 4.04. The first-order valence-corrected chi connectivity index (χ1v) is 5.68. The van der Waals surface area contributed by atoms with Gasteiger partial charge in [0.1, 0.15) is 0 Å². The summed E-state index contributed by atoms with van der Waals surface area (Å²) in [7, 11) is 0. The van der Waals surface area contributed by atoms with Crippen LogP contribution in [-0.4, -0.2) is 29.9 Å². The molecule has 5 nitrogen and oxygen atoms in total. The van der Waals surface area contributed by atoms with E-state index in [0.717, 1.165) is 0 Å². The fourth-order valence-corrected chi connectivity index (χ4v) is 1.22. The van der Waals surface area contributed by atoms with Gasteiger partial charge in [0.05, 0.1) is 5.56 Å². The van der Waals surface area contributed by atoms with Crippen molar-refractivity contribution in [2.75, 3.05) is 13.1 Å². The number of pyridine rings is 1. The third-order valence-corrected chi connectivity index (χ3v) is 2.24. The molecule has 0 fully saturated rings. The number of nitrogens with zero attached hydrogens (tertiary/aromatic N) is 1. The zero-order valence-corrected chi connectivity index (χ0v) is 10.4. The molecule has 0 saturated heterocycles. The standard InChI is InChI=1S/C12H16FN3O2/c1-8(2)11(17)15-6-7-16-12(18)9-4-3-5-14-10(9)13/h3-5,8H,6-7H2,1-2H3,(H,15,17)(H,16,18). The minimum absolute atomic E-state index is 0.0863. The lowest BCUT2D eigenvalue weighted by atomic mass is 10.2. The van der Waals surface area contributed by atoms with Crippen LogP contribution in [-0.2, 0) is 4.79 Å². The molecule has 6 heteroatoms. The quantitative estimate of drug-likeness (QED) is 0.600. The molecular formula is C12H16FN3O2. The summed E-state index contributed by atoms with van der Waals surface area (Å²) in [5, 5.41) is 5.14. The van der Waals surface area contributed by atoms with Crippen molar-refractivity contribution in [3.05, 3.63) is 29.8 Å². The Kier molecular flexibility index (Phi) is 5.23. The van der Waals surface area contributed by atoms with Crippen LogP contribution in [0.1, 0.15) is 24.2 Å². The summed E-state index contributed by atoms with van der Waals surface area (Å²) >= 11 is 0. The topological polar surface area (TPSA) is 71.1 Å². The van der Waals surface area contributed by atoms with Gasteiger partial charge in [-0.15, -0.1) is 0 Å². The van der Waals surface area contributed by atoms with Crippen LogP contribution >= 0.6 is 0 Å². The summed E-state index contributed by atoms with van der Waals surface area (Å²) in [4.78, 5) is 26.1. The van der Waals surface area contributed by atoms with E-state index in [1.165, 1.54) is 18.3 Å². The first-order chi connectivity index (χ1) is 8.52. The average Bonchev–Trinajstić information content (AvgIpc) is 2.34. The third kappa shape index (κ3) is 4.12. The van der Waals surface area contributed by atoms with Gasteiger partial charge in [0.25, 0.3) is 5.91 Å². The molecule has 0 bridgehead atoms. The summed E-state index contributed by atoms with van der Waals surface area (Å²) in [5.74, 6) is -1.53. The molecule has 18 heavy (non-hydrogen) atoms. The average molecular weight is 253 g/mol. The molecule has 0 aliphatic rings. The zero-order valence-electron chi connectivity index (χ0n) is 10.4. The van der Waals surface area contributed by atoms with Crippen molar-refractivity contribution >= 4 is 11.8 Å². The normalized spacial score (nSPS) is 10.2. The fourth-order valence-electron chi connectivity index (χ4n) is 1.22. The number of rotatable bonds is 5. The first kappa shape index (κ1) is 14.1. The van der Waals surface area contributed by atoms with E-state index in [9.17, 15) is 14.0 Å². The molecule has 2 N–H and O–H groups in total. The Bertz CT molecular complexity index is 435. The van der Waals surface area contributed by atoms with Crippen molar-refractivity contribution in [1.82, 2.24) is 15.6 Å². The predicted octanol–water partition coefficient (Wildman–Crippen LogP) is 0.723. The molecule has 0 unspecified atom stereocenters. The van der Waals surface area contributed by atoms with Crippen LogP contribution in [0.5, 0.6) is 0 Å². The van der Waals surface area contributed by atoms with Crippen LogP contribution in [0.3, 0.4) is 0 Å². The molecule has 0 aliphatic heterocycles.